The van der Waals surface area contributed by atoms with E-state index < -0.39 is 0 Å². The summed E-state index contributed by atoms with van der Waals surface area (Å²) >= 11 is 0. The molecular formula is C14H20. The lowest BCUT2D eigenvalue weighted by Gasteiger charge is -2.19. The highest BCUT2D eigenvalue weighted by molar-refractivity contribution is 5.14. The summed E-state index contributed by atoms with van der Waals surface area (Å²) in [5, 5.41) is 0. The molecule has 0 aliphatic rings. The second-order valence-corrected chi connectivity index (χ2v) is 4.53. The number of allylic oxidation sites excluding steroid dienone is 1. The quantitative estimate of drug-likeness (QED) is 0.607. The van der Waals surface area contributed by atoms with Crippen LogP contribution in [0.5, 0.6) is 0 Å². The van der Waals surface area contributed by atoms with Crippen molar-refractivity contribution >= 4 is 0 Å². The number of aryl methyl sites for hydroxylation is 1. The molecule has 1 rings (SSSR count). The van der Waals surface area contributed by atoms with Crippen LogP contribution in [0.15, 0.2) is 43.0 Å². The van der Waals surface area contributed by atoms with Crippen LogP contribution in [0.3, 0.4) is 0 Å². The van der Waals surface area contributed by atoms with Gasteiger partial charge in [-0.2, -0.15) is 0 Å². The highest BCUT2D eigenvalue weighted by Crippen LogP contribution is 2.24. The van der Waals surface area contributed by atoms with Crippen molar-refractivity contribution < 1.29 is 0 Å². The van der Waals surface area contributed by atoms with E-state index >= 15 is 0 Å². The van der Waals surface area contributed by atoms with Gasteiger partial charge in [0.1, 0.15) is 0 Å². The fraction of sp³-hybridized carbons (Fsp3) is 0.429. The first-order valence-corrected chi connectivity index (χ1v) is 5.31. The van der Waals surface area contributed by atoms with Crippen molar-refractivity contribution in [2.45, 2.75) is 33.1 Å². The van der Waals surface area contributed by atoms with E-state index in [-0.39, 0.29) is 5.41 Å². The molecule has 0 amide bonds. The summed E-state index contributed by atoms with van der Waals surface area (Å²) in [6.07, 6.45) is 5.69. The Hall–Kier alpha value is -1.04. The second-order valence-electron chi connectivity index (χ2n) is 4.53. The first kappa shape index (κ1) is 11.0. The van der Waals surface area contributed by atoms with E-state index in [0.29, 0.717) is 0 Å². The van der Waals surface area contributed by atoms with Crippen molar-refractivity contribution in [3.05, 3.63) is 48.6 Å². The van der Waals surface area contributed by atoms with Crippen molar-refractivity contribution in [1.29, 1.82) is 0 Å². The van der Waals surface area contributed by atoms with Crippen LogP contribution < -0.4 is 0 Å². The monoisotopic (exact) mass is 188 g/mol. The molecule has 1 aromatic rings. The summed E-state index contributed by atoms with van der Waals surface area (Å²) < 4.78 is 0. The Bertz CT molecular complexity index is 269. The Kier molecular flexibility index (Phi) is 3.94. The standard InChI is InChI=1S/C14H20/c1-4-14(2,3)12-8-11-13-9-6-5-7-10-13/h4-7,9-10H,1,8,11-12H2,2-3H3. The number of hydrogen-bond acceptors (Lipinski definition) is 0. The molecule has 1 aromatic carbocycles. The van der Waals surface area contributed by atoms with Crippen LogP contribution >= 0.6 is 0 Å². The topological polar surface area (TPSA) is 0 Å². The van der Waals surface area contributed by atoms with Gasteiger partial charge in [-0.15, -0.1) is 6.58 Å². The van der Waals surface area contributed by atoms with E-state index in [2.05, 4.69) is 56.8 Å². The number of hydrogen-bond donors (Lipinski definition) is 0. The van der Waals surface area contributed by atoms with Gasteiger partial charge in [-0.05, 0) is 30.2 Å². The minimum Gasteiger partial charge on any atom is -0.103 e. The first-order valence-electron chi connectivity index (χ1n) is 5.31. The Morgan fingerprint density at radius 3 is 2.43 bits per heavy atom. The lowest BCUT2D eigenvalue weighted by Crippen LogP contribution is -2.06. The summed E-state index contributed by atoms with van der Waals surface area (Å²) in [5.41, 5.74) is 1.72. The largest absolute Gasteiger partial charge is 0.103 e. The van der Waals surface area contributed by atoms with Gasteiger partial charge in [0.15, 0.2) is 0 Å². The average molecular weight is 188 g/mol. The van der Waals surface area contributed by atoms with Crippen LogP contribution in [0.2, 0.25) is 0 Å². The molecule has 0 unspecified atom stereocenters. The molecule has 0 fully saturated rings. The van der Waals surface area contributed by atoms with Gasteiger partial charge in [0.25, 0.3) is 0 Å². The van der Waals surface area contributed by atoms with E-state index in [1.54, 1.807) is 0 Å². The number of rotatable bonds is 5. The minimum atomic E-state index is 0.286. The predicted molar refractivity (Wildman–Crippen MR) is 63.4 cm³/mol. The fourth-order valence-electron chi connectivity index (χ4n) is 1.49. The third-order valence-corrected chi connectivity index (χ3v) is 2.68. The molecule has 0 N–H and O–H groups in total. The van der Waals surface area contributed by atoms with E-state index in [4.69, 9.17) is 0 Å². The van der Waals surface area contributed by atoms with Crippen LogP contribution in [-0.4, -0.2) is 0 Å². The molecule has 0 aliphatic heterocycles. The maximum Gasteiger partial charge on any atom is -0.0177 e. The second kappa shape index (κ2) is 4.99. The van der Waals surface area contributed by atoms with Gasteiger partial charge in [0, 0.05) is 0 Å². The van der Waals surface area contributed by atoms with Crippen LogP contribution in [-0.2, 0) is 6.42 Å². The smallest absolute Gasteiger partial charge is 0.0177 e. The molecule has 0 saturated heterocycles. The van der Waals surface area contributed by atoms with Crippen LogP contribution in [0, 0.1) is 5.41 Å². The van der Waals surface area contributed by atoms with Crippen molar-refractivity contribution in [1.82, 2.24) is 0 Å². The molecule has 0 aromatic heterocycles. The summed E-state index contributed by atoms with van der Waals surface area (Å²) in [5.74, 6) is 0. The van der Waals surface area contributed by atoms with Gasteiger partial charge in [-0.25, -0.2) is 0 Å². The summed E-state index contributed by atoms with van der Waals surface area (Å²) in [6, 6.07) is 10.7. The normalized spacial score (nSPS) is 11.3. The van der Waals surface area contributed by atoms with Gasteiger partial charge in [-0.1, -0.05) is 50.3 Å². The third-order valence-electron chi connectivity index (χ3n) is 2.68. The zero-order chi connectivity index (χ0) is 10.4. The minimum absolute atomic E-state index is 0.286. The van der Waals surface area contributed by atoms with Crippen molar-refractivity contribution in [3.63, 3.8) is 0 Å². The first-order chi connectivity index (χ1) is 6.64. The molecule has 14 heavy (non-hydrogen) atoms. The molecule has 0 heterocycles. The van der Waals surface area contributed by atoms with Gasteiger partial charge in [-0.3, -0.25) is 0 Å². The van der Waals surface area contributed by atoms with Crippen molar-refractivity contribution in [2.75, 3.05) is 0 Å². The summed E-state index contributed by atoms with van der Waals surface area (Å²) in [7, 11) is 0. The Morgan fingerprint density at radius 2 is 1.86 bits per heavy atom. The average Bonchev–Trinajstić information content (AvgIpc) is 2.19. The summed E-state index contributed by atoms with van der Waals surface area (Å²) in [6.45, 7) is 8.34. The van der Waals surface area contributed by atoms with E-state index in [0.717, 1.165) is 0 Å². The zero-order valence-corrected chi connectivity index (χ0v) is 9.29. The molecule has 0 radical (unpaired) electrons. The highest BCUT2D eigenvalue weighted by atomic mass is 14.2. The van der Waals surface area contributed by atoms with Crippen molar-refractivity contribution in [2.24, 2.45) is 5.41 Å². The lowest BCUT2D eigenvalue weighted by molar-refractivity contribution is 0.423. The van der Waals surface area contributed by atoms with E-state index in [1.807, 2.05) is 0 Å². The predicted octanol–water partition coefficient (Wildman–Crippen LogP) is 4.22. The lowest BCUT2D eigenvalue weighted by atomic mass is 9.87. The molecule has 0 saturated carbocycles. The molecule has 0 spiro atoms. The third kappa shape index (κ3) is 3.78. The van der Waals surface area contributed by atoms with E-state index in [9.17, 15) is 0 Å². The van der Waals surface area contributed by atoms with Crippen LogP contribution in [0.1, 0.15) is 32.3 Å². The molecule has 0 bridgehead atoms. The highest BCUT2D eigenvalue weighted by Gasteiger charge is 2.11. The molecular weight excluding hydrogens is 168 g/mol. The maximum atomic E-state index is 3.86. The SMILES string of the molecule is C=CC(C)(C)CCCc1ccccc1. The van der Waals surface area contributed by atoms with E-state index in [1.165, 1.54) is 24.8 Å². The molecule has 0 aliphatic carbocycles. The van der Waals surface area contributed by atoms with Gasteiger partial charge in [0.05, 0.1) is 0 Å². The van der Waals surface area contributed by atoms with Gasteiger partial charge < -0.3 is 0 Å². The van der Waals surface area contributed by atoms with Gasteiger partial charge >= 0.3 is 0 Å². The Labute approximate surface area is 87.7 Å². The fourth-order valence-corrected chi connectivity index (χ4v) is 1.49. The maximum absolute atomic E-state index is 3.86. The molecule has 0 nitrogen and oxygen atoms in total. The van der Waals surface area contributed by atoms with Crippen LogP contribution in [0.25, 0.3) is 0 Å². The molecule has 0 heteroatoms. The molecule has 0 atom stereocenters. The summed E-state index contributed by atoms with van der Waals surface area (Å²) in [4.78, 5) is 0. The molecule has 76 valence electrons. The Morgan fingerprint density at radius 1 is 1.21 bits per heavy atom. The zero-order valence-electron chi connectivity index (χ0n) is 9.29. The van der Waals surface area contributed by atoms with Gasteiger partial charge in [0.2, 0.25) is 0 Å². The Balaban J connectivity index is 2.32. The van der Waals surface area contributed by atoms with Crippen LogP contribution in [0.4, 0.5) is 0 Å². The van der Waals surface area contributed by atoms with Crippen molar-refractivity contribution in [3.8, 4) is 0 Å². The number of benzene rings is 1.